The number of methoxy groups -OCH3 is 1. The number of hydrogen-bond acceptors (Lipinski definition) is 5. The highest BCUT2D eigenvalue weighted by Crippen LogP contribution is 2.25. The normalized spacial score (nSPS) is 10.9. The fourth-order valence-corrected chi connectivity index (χ4v) is 3.06. The number of rotatable bonds is 6. The average molecular weight is 394 g/mol. The molecule has 0 saturated carbocycles. The Labute approximate surface area is 176 Å². The van der Waals surface area contributed by atoms with Gasteiger partial charge in [0.1, 0.15) is 5.75 Å². The van der Waals surface area contributed by atoms with Gasteiger partial charge in [-0.25, -0.2) is 15.4 Å². The van der Waals surface area contributed by atoms with E-state index in [-0.39, 0.29) is 0 Å². The van der Waals surface area contributed by atoms with Gasteiger partial charge in [0.2, 0.25) is 5.95 Å². The summed E-state index contributed by atoms with van der Waals surface area (Å²) in [7, 11) is 1.64. The van der Waals surface area contributed by atoms with E-state index >= 15 is 0 Å². The van der Waals surface area contributed by atoms with Crippen LogP contribution in [0.2, 0.25) is 0 Å². The van der Waals surface area contributed by atoms with Gasteiger partial charge in [0.05, 0.1) is 24.7 Å². The van der Waals surface area contributed by atoms with Gasteiger partial charge in [0.25, 0.3) is 0 Å². The van der Waals surface area contributed by atoms with Crippen molar-refractivity contribution in [3.63, 3.8) is 0 Å². The second kappa shape index (κ2) is 9.01. The van der Waals surface area contributed by atoms with Crippen molar-refractivity contribution in [3.8, 4) is 28.3 Å². The maximum atomic E-state index is 5.36. The van der Waals surface area contributed by atoms with Crippen LogP contribution in [0.4, 0.5) is 5.95 Å². The summed E-state index contributed by atoms with van der Waals surface area (Å²) in [6.45, 7) is 2.07. The lowest BCUT2D eigenvalue weighted by Crippen LogP contribution is -2.00. The van der Waals surface area contributed by atoms with Crippen LogP contribution in [0, 0.1) is 6.92 Å². The number of aryl methyl sites for hydroxylation is 1. The number of nitrogens with zero attached hydrogens (tertiary/aromatic N) is 3. The Hall–Kier alpha value is -3.99. The van der Waals surface area contributed by atoms with E-state index in [1.165, 1.54) is 5.56 Å². The van der Waals surface area contributed by atoms with Crippen molar-refractivity contribution < 1.29 is 4.74 Å². The van der Waals surface area contributed by atoms with Crippen LogP contribution >= 0.6 is 0 Å². The molecular weight excluding hydrogens is 372 g/mol. The number of aromatic nitrogens is 2. The van der Waals surface area contributed by atoms with E-state index in [4.69, 9.17) is 4.74 Å². The fourth-order valence-electron chi connectivity index (χ4n) is 3.06. The molecular formula is C25H22N4O. The van der Waals surface area contributed by atoms with Crippen molar-refractivity contribution in [2.45, 2.75) is 6.92 Å². The van der Waals surface area contributed by atoms with Gasteiger partial charge in [-0.3, -0.25) is 0 Å². The van der Waals surface area contributed by atoms with Crippen molar-refractivity contribution in [2.24, 2.45) is 5.10 Å². The fraction of sp³-hybridized carbons (Fsp3) is 0.0800. The second-order valence-electron chi connectivity index (χ2n) is 6.81. The van der Waals surface area contributed by atoms with Crippen LogP contribution in [-0.4, -0.2) is 23.3 Å². The summed E-state index contributed by atoms with van der Waals surface area (Å²) in [5.41, 5.74) is 8.74. The number of hydrogen-bond donors (Lipinski definition) is 1. The molecule has 1 heterocycles. The van der Waals surface area contributed by atoms with Crippen LogP contribution in [0.1, 0.15) is 11.1 Å². The van der Waals surface area contributed by atoms with Crippen LogP contribution in [0.15, 0.2) is 90.0 Å². The largest absolute Gasteiger partial charge is 0.496 e. The first kappa shape index (κ1) is 19.3. The van der Waals surface area contributed by atoms with Gasteiger partial charge in [0.15, 0.2) is 0 Å². The first-order chi connectivity index (χ1) is 14.7. The molecule has 0 atom stereocenters. The van der Waals surface area contributed by atoms with E-state index in [1.807, 2.05) is 60.7 Å². The van der Waals surface area contributed by atoms with Crippen LogP contribution in [0.3, 0.4) is 0 Å². The SMILES string of the molecule is COc1ccccc1C=NNc1nc(-c2ccccc2)cc(-c2ccc(C)cc2)n1. The van der Waals surface area contributed by atoms with Crippen LogP contribution in [0.25, 0.3) is 22.5 Å². The molecule has 0 spiro atoms. The standard InChI is InChI=1S/C25H22N4O/c1-18-12-14-20(15-13-18)23-16-22(19-8-4-3-5-9-19)27-25(28-23)29-26-17-21-10-6-7-11-24(21)30-2/h3-17H,1-2H3,(H,27,28,29). The quantitative estimate of drug-likeness (QED) is 0.343. The Kier molecular flexibility index (Phi) is 5.80. The Morgan fingerprint density at radius 3 is 2.13 bits per heavy atom. The minimum absolute atomic E-state index is 0.429. The van der Waals surface area contributed by atoms with E-state index < -0.39 is 0 Å². The van der Waals surface area contributed by atoms with Crippen molar-refractivity contribution in [1.82, 2.24) is 9.97 Å². The van der Waals surface area contributed by atoms with Gasteiger partial charge in [-0.1, -0.05) is 72.3 Å². The summed E-state index contributed by atoms with van der Waals surface area (Å²) in [6.07, 6.45) is 1.70. The van der Waals surface area contributed by atoms with Gasteiger partial charge in [0, 0.05) is 16.7 Å². The number of para-hydroxylation sites is 1. The van der Waals surface area contributed by atoms with Gasteiger partial charge in [-0.15, -0.1) is 0 Å². The summed E-state index contributed by atoms with van der Waals surface area (Å²) in [5, 5.41) is 4.32. The minimum Gasteiger partial charge on any atom is -0.496 e. The maximum Gasteiger partial charge on any atom is 0.244 e. The predicted octanol–water partition coefficient (Wildman–Crippen LogP) is 5.57. The maximum absolute atomic E-state index is 5.36. The molecule has 0 unspecified atom stereocenters. The molecule has 0 fully saturated rings. The number of nitrogens with one attached hydrogen (secondary N) is 1. The summed E-state index contributed by atoms with van der Waals surface area (Å²) in [4.78, 5) is 9.32. The summed E-state index contributed by atoms with van der Waals surface area (Å²) >= 11 is 0. The number of anilines is 1. The lowest BCUT2D eigenvalue weighted by molar-refractivity contribution is 0.414. The Morgan fingerprint density at radius 1 is 0.800 bits per heavy atom. The Bertz CT molecular complexity index is 1160. The molecule has 0 aliphatic heterocycles. The molecule has 148 valence electrons. The highest BCUT2D eigenvalue weighted by Gasteiger charge is 2.08. The third-order valence-electron chi connectivity index (χ3n) is 4.65. The van der Waals surface area contributed by atoms with Crippen molar-refractivity contribution >= 4 is 12.2 Å². The van der Waals surface area contributed by atoms with E-state index in [2.05, 4.69) is 51.7 Å². The summed E-state index contributed by atoms with van der Waals surface area (Å²) in [6, 6.07) is 28.0. The molecule has 3 aromatic carbocycles. The zero-order valence-corrected chi connectivity index (χ0v) is 16.9. The van der Waals surface area contributed by atoms with Crippen LogP contribution in [0.5, 0.6) is 5.75 Å². The number of hydrazone groups is 1. The third-order valence-corrected chi connectivity index (χ3v) is 4.65. The average Bonchev–Trinajstić information content (AvgIpc) is 2.80. The van der Waals surface area contributed by atoms with Gasteiger partial charge >= 0.3 is 0 Å². The zero-order chi connectivity index (χ0) is 20.8. The van der Waals surface area contributed by atoms with E-state index in [1.54, 1.807) is 13.3 Å². The molecule has 5 nitrogen and oxygen atoms in total. The molecule has 0 radical (unpaired) electrons. The minimum atomic E-state index is 0.429. The Morgan fingerprint density at radius 2 is 1.43 bits per heavy atom. The highest BCUT2D eigenvalue weighted by molar-refractivity contribution is 5.84. The summed E-state index contributed by atoms with van der Waals surface area (Å²) < 4.78 is 5.36. The monoisotopic (exact) mass is 394 g/mol. The highest BCUT2D eigenvalue weighted by atomic mass is 16.5. The first-order valence-corrected chi connectivity index (χ1v) is 9.66. The first-order valence-electron chi connectivity index (χ1n) is 9.66. The topological polar surface area (TPSA) is 59.4 Å². The molecule has 30 heavy (non-hydrogen) atoms. The molecule has 1 N–H and O–H groups in total. The molecule has 4 rings (SSSR count). The van der Waals surface area contributed by atoms with Gasteiger partial charge < -0.3 is 4.74 Å². The smallest absolute Gasteiger partial charge is 0.244 e. The van der Waals surface area contributed by atoms with Crippen molar-refractivity contribution in [3.05, 3.63) is 96.1 Å². The van der Waals surface area contributed by atoms with Gasteiger partial charge in [-0.05, 0) is 25.1 Å². The van der Waals surface area contributed by atoms with E-state index in [0.29, 0.717) is 5.95 Å². The molecule has 1 aromatic heterocycles. The number of benzene rings is 3. The second-order valence-corrected chi connectivity index (χ2v) is 6.81. The van der Waals surface area contributed by atoms with Crippen molar-refractivity contribution in [1.29, 1.82) is 0 Å². The molecule has 0 aliphatic carbocycles. The van der Waals surface area contributed by atoms with E-state index in [0.717, 1.165) is 33.8 Å². The molecule has 0 amide bonds. The zero-order valence-electron chi connectivity index (χ0n) is 16.9. The Balaban J connectivity index is 1.68. The van der Waals surface area contributed by atoms with E-state index in [9.17, 15) is 0 Å². The molecule has 5 heteroatoms. The van der Waals surface area contributed by atoms with Gasteiger partial charge in [-0.2, -0.15) is 5.10 Å². The molecule has 0 saturated heterocycles. The van der Waals surface area contributed by atoms with Crippen molar-refractivity contribution in [2.75, 3.05) is 12.5 Å². The molecule has 0 bridgehead atoms. The summed E-state index contributed by atoms with van der Waals surface area (Å²) in [5.74, 6) is 1.18. The third kappa shape index (κ3) is 4.52. The lowest BCUT2D eigenvalue weighted by Gasteiger charge is -2.09. The molecule has 0 aliphatic rings. The predicted molar refractivity (Wildman–Crippen MR) is 122 cm³/mol. The van der Waals surface area contributed by atoms with Crippen LogP contribution < -0.4 is 10.2 Å². The molecule has 4 aromatic rings. The van der Waals surface area contributed by atoms with Crippen LogP contribution in [-0.2, 0) is 0 Å². The number of ether oxygens (including phenoxy) is 1. The lowest BCUT2D eigenvalue weighted by atomic mass is 10.1.